The van der Waals surface area contributed by atoms with Crippen LogP contribution in [0.15, 0.2) is 12.1 Å². The van der Waals surface area contributed by atoms with Crippen molar-refractivity contribution in [2.45, 2.75) is 18.8 Å². The first kappa shape index (κ1) is 14.5. The molecule has 0 amide bonds. The predicted octanol–water partition coefficient (Wildman–Crippen LogP) is 1.74. The Hall–Kier alpha value is -2.48. The van der Waals surface area contributed by atoms with Gasteiger partial charge in [-0.3, -0.25) is 15.2 Å². The van der Waals surface area contributed by atoms with Gasteiger partial charge in [-0.1, -0.05) is 0 Å². The molecule has 3 rings (SSSR count). The summed E-state index contributed by atoms with van der Waals surface area (Å²) in [7, 11) is 1.18. The number of ether oxygens (including phenoxy) is 1. The van der Waals surface area contributed by atoms with Gasteiger partial charge in [-0.2, -0.15) is 5.10 Å². The molecule has 1 aromatic carbocycles. The van der Waals surface area contributed by atoms with Crippen molar-refractivity contribution in [3.8, 4) is 0 Å². The van der Waals surface area contributed by atoms with E-state index >= 15 is 0 Å². The summed E-state index contributed by atoms with van der Waals surface area (Å²) >= 11 is 0. The van der Waals surface area contributed by atoms with Crippen LogP contribution < -0.4 is 0 Å². The number of hydrogen-bond donors (Lipinski definition) is 2. The number of nitrogens with zero attached hydrogens (tertiary/aromatic N) is 2. The van der Waals surface area contributed by atoms with Gasteiger partial charge >= 0.3 is 5.97 Å². The fourth-order valence-corrected chi connectivity index (χ4v) is 2.92. The molecule has 22 heavy (non-hydrogen) atoms. The summed E-state index contributed by atoms with van der Waals surface area (Å²) in [4.78, 5) is 22.3. The Morgan fingerprint density at radius 2 is 2.27 bits per heavy atom. The molecule has 1 fully saturated rings. The number of aromatic nitrogens is 2. The maximum absolute atomic E-state index is 11.7. The highest BCUT2D eigenvalue weighted by Gasteiger charge is 2.33. The SMILES string of the molecule is COC(=O)c1cc2n[nH]c(C3CC(CO)C3)c2cc1[N+](=O)[O-]. The number of aliphatic hydroxyl groups excluding tert-OH is 1. The van der Waals surface area contributed by atoms with E-state index in [-0.39, 0.29) is 29.7 Å². The second-order valence-corrected chi connectivity index (χ2v) is 5.49. The van der Waals surface area contributed by atoms with Crippen molar-refractivity contribution in [3.05, 3.63) is 33.5 Å². The molecule has 0 atom stereocenters. The van der Waals surface area contributed by atoms with E-state index in [4.69, 9.17) is 5.11 Å². The second-order valence-electron chi connectivity index (χ2n) is 5.49. The van der Waals surface area contributed by atoms with Crippen LogP contribution in [0.5, 0.6) is 0 Å². The second kappa shape index (κ2) is 5.38. The van der Waals surface area contributed by atoms with E-state index in [9.17, 15) is 14.9 Å². The largest absolute Gasteiger partial charge is 0.465 e. The number of rotatable bonds is 4. The maximum Gasteiger partial charge on any atom is 0.344 e. The quantitative estimate of drug-likeness (QED) is 0.504. The first-order valence-corrected chi connectivity index (χ1v) is 6.90. The van der Waals surface area contributed by atoms with Gasteiger partial charge in [-0.25, -0.2) is 4.79 Å². The van der Waals surface area contributed by atoms with Gasteiger partial charge in [0.2, 0.25) is 0 Å². The van der Waals surface area contributed by atoms with Gasteiger partial charge in [0.1, 0.15) is 5.56 Å². The maximum atomic E-state index is 11.7. The minimum Gasteiger partial charge on any atom is -0.465 e. The van der Waals surface area contributed by atoms with E-state index in [1.807, 2.05) is 0 Å². The topological polar surface area (TPSA) is 118 Å². The number of H-pyrrole nitrogens is 1. The molecule has 8 heteroatoms. The predicted molar refractivity (Wildman–Crippen MR) is 76.6 cm³/mol. The van der Waals surface area contributed by atoms with E-state index in [2.05, 4.69) is 14.9 Å². The van der Waals surface area contributed by atoms with Crippen molar-refractivity contribution in [1.29, 1.82) is 0 Å². The Morgan fingerprint density at radius 1 is 1.55 bits per heavy atom. The Labute approximate surface area is 125 Å². The van der Waals surface area contributed by atoms with Crippen LogP contribution in [0.25, 0.3) is 10.9 Å². The molecule has 0 saturated heterocycles. The summed E-state index contributed by atoms with van der Waals surface area (Å²) in [6.07, 6.45) is 1.64. The third-order valence-corrected chi connectivity index (χ3v) is 4.21. The number of fused-ring (bicyclic) bond motifs is 1. The zero-order chi connectivity index (χ0) is 15.9. The highest BCUT2D eigenvalue weighted by molar-refractivity contribution is 5.99. The van der Waals surface area contributed by atoms with Crippen molar-refractivity contribution in [2.24, 2.45) is 5.92 Å². The standard InChI is InChI=1S/C14H15N3O5/c1-22-14(19)10-4-11-9(5-12(10)17(20)21)13(16-15-11)8-2-7(3-8)6-18/h4-5,7-8,18H,2-3,6H2,1H3,(H,15,16). The molecule has 1 heterocycles. The van der Waals surface area contributed by atoms with Crippen LogP contribution >= 0.6 is 0 Å². The van der Waals surface area contributed by atoms with Crippen molar-refractivity contribution in [1.82, 2.24) is 10.2 Å². The van der Waals surface area contributed by atoms with Crippen molar-refractivity contribution in [3.63, 3.8) is 0 Å². The Bertz CT molecular complexity index is 748. The van der Waals surface area contributed by atoms with Crippen LogP contribution in [-0.4, -0.2) is 39.9 Å². The minimum absolute atomic E-state index is 0.111. The smallest absolute Gasteiger partial charge is 0.344 e. The number of methoxy groups -OCH3 is 1. The summed E-state index contributed by atoms with van der Waals surface area (Å²) in [6.45, 7) is 0.148. The van der Waals surface area contributed by atoms with E-state index in [0.29, 0.717) is 10.9 Å². The zero-order valence-electron chi connectivity index (χ0n) is 11.9. The number of nitrogens with one attached hydrogen (secondary N) is 1. The Morgan fingerprint density at radius 3 is 2.86 bits per heavy atom. The highest BCUT2D eigenvalue weighted by atomic mass is 16.6. The van der Waals surface area contributed by atoms with Gasteiger partial charge in [0.05, 0.1) is 17.5 Å². The summed E-state index contributed by atoms with van der Waals surface area (Å²) in [5, 5.41) is 28.0. The molecule has 1 aliphatic rings. The van der Waals surface area contributed by atoms with Gasteiger partial charge < -0.3 is 9.84 Å². The van der Waals surface area contributed by atoms with Crippen LogP contribution in [0.3, 0.4) is 0 Å². The average Bonchev–Trinajstić information content (AvgIpc) is 2.87. The van der Waals surface area contributed by atoms with Crippen LogP contribution in [0.1, 0.15) is 34.8 Å². The first-order valence-electron chi connectivity index (χ1n) is 6.90. The van der Waals surface area contributed by atoms with Crippen molar-refractivity contribution in [2.75, 3.05) is 13.7 Å². The Kier molecular flexibility index (Phi) is 3.53. The van der Waals surface area contributed by atoms with Gasteiger partial charge in [-0.15, -0.1) is 0 Å². The lowest BCUT2D eigenvalue weighted by Crippen LogP contribution is -2.25. The third kappa shape index (κ3) is 2.21. The molecule has 1 saturated carbocycles. The molecule has 116 valence electrons. The monoisotopic (exact) mass is 305 g/mol. The highest BCUT2D eigenvalue weighted by Crippen LogP contribution is 2.43. The average molecular weight is 305 g/mol. The molecule has 0 radical (unpaired) electrons. The number of carbonyl (C=O) groups excluding carboxylic acids is 1. The number of esters is 1. The molecular formula is C14H15N3O5. The van der Waals surface area contributed by atoms with E-state index < -0.39 is 10.9 Å². The van der Waals surface area contributed by atoms with Gasteiger partial charge in [0.15, 0.2) is 0 Å². The molecule has 1 aromatic heterocycles. The molecule has 8 nitrogen and oxygen atoms in total. The molecule has 0 bridgehead atoms. The summed E-state index contributed by atoms with van der Waals surface area (Å²) < 4.78 is 4.58. The molecule has 0 unspecified atom stereocenters. The Balaban J connectivity index is 2.06. The molecular weight excluding hydrogens is 290 g/mol. The van der Waals surface area contributed by atoms with Gasteiger partial charge in [0.25, 0.3) is 5.69 Å². The summed E-state index contributed by atoms with van der Waals surface area (Å²) in [5.74, 6) is -0.291. The van der Waals surface area contributed by atoms with Crippen LogP contribution in [0.4, 0.5) is 5.69 Å². The normalized spacial score (nSPS) is 20.6. The number of nitro groups is 1. The lowest BCUT2D eigenvalue weighted by Gasteiger charge is -2.33. The number of aromatic amines is 1. The zero-order valence-corrected chi connectivity index (χ0v) is 11.9. The number of carbonyl (C=O) groups is 1. The fourth-order valence-electron chi connectivity index (χ4n) is 2.92. The molecule has 1 aliphatic carbocycles. The lowest BCUT2D eigenvalue weighted by molar-refractivity contribution is -0.385. The molecule has 0 spiro atoms. The fraction of sp³-hybridized carbons (Fsp3) is 0.429. The summed E-state index contributed by atoms with van der Waals surface area (Å²) in [5.41, 5.74) is 0.910. The summed E-state index contributed by atoms with van der Waals surface area (Å²) in [6, 6.07) is 2.74. The lowest BCUT2D eigenvalue weighted by atomic mass is 9.73. The van der Waals surface area contributed by atoms with Crippen molar-refractivity contribution >= 4 is 22.6 Å². The van der Waals surface area contributed by atoms with E-state index in [1.54, 1.807) is 0 Å². The molecule has 0 aliphatic heterocycles. The molecule has 2 aromatic rings. The third-order valence-electron chi connectivity index (χ3n) is 4.21. The number of nitro benzene ring substituents is 1. The van der Waals surface area contributed by atoms with E-state index in [0.717, 1.165) is 18.5 Å². The molecule has 2 N–H and O–H groups in total. The van der Waals surface area contributed by atoms with Crippen LogP contribution in [-0.2, 0) is 4.74 Å². The van der Waals surface area contributed by atoms with E-state index in [1.165, 1.54) is 19.2 Å². The number of hydrogen-bond acceptors (Lipinski definition) is 6. The van der Waals surface area contributed by atoms with Crippen LogP contribution in [0.2, 0.25) is 0 Å². The van der Waals surface area contributed by atoms with Gasteiger partial charge in [0, 0.05) is 29.7 Å². The number of aliphatic hydroxyl groups is 1. The minimum atomic E-state index is -0.762. The van der Waals surface area contributed by atoms with Gasteiger partial charge in [-0.05, 0) is 24.8 Å². The first-order chi connectivity index (χ1) is 10.5. The number of benzene rings is 1. The van der Waals surface area contributed by atoms with Crippen molar-refractivity contribution < 1.29 is 19.6 Å². The van der Waals surface area contributed by atoms with Crippen LogP contribution in [0, 0.1) is 16.0 Å².